The number of para-hydroxylation sites is 1. The van der Waals surface area contributed by atoms with Gasteiger partial charge in [-0.05, 0) is 24.3 Å². The van der Waals surface area contributed by atoms with Crippen LogP contribution in [-0.4, -0.2) is 24.0 Å². The zero-order chi connectivity index (χ0) is 13.5. The second kappa shape index (κ2) is 6.49. The minimum atomic E-state index is -0.673. The highest BCUT2D eigenvalue weighted by Crippen LogP contribution is 2.07. The second-order valence-corrected chi connectivity index (χ2v) is 3.76. The number of carbonyl (C=O) groups excluding carboxylic acids is 1. The van der Waals surface area contributed by atoms with Gasteiger partial charge in [-0.2, -0.15) is 4.39 Å². The van der Waals surface area contributed by atoms with E-state index in [0.717, 1.165) is 5.75 Å². The Morgan fingerprint density at radius 1 is 1.16 bits per heavy atom. The van der Waals surface area contributed by atoms with E-state index in [1.807, 2.05) is 30.3 Å². The van der Waals surface area contributed by atoms with Crippen molar-refractivity contribution in [2.45, 2.75) is 0 Å². The van der Waals surface area contributed by atoms with Gasteiger partial charge < -0.3 is 10.1 Å². The van der Waals surface area contributed by atoms with Crippen molar-refractivity contribution >= 4 is 5.91 Å². The molecule has 1 heterocycles. The third-order valence-corrected chi connectivity index (χ3v) is 2.35. The van der Waals surface area contributed by atoms with Crippen LogP contribution in [0.2, 0.25) is 0 Å². The molecular formula is C14H13FN2O2. The predicted octanol–water partition coefficient (Wildman–Crippen LogP) is 2.03. The first kappa shape index (κ1) is 13.0. The smallest absolute Gasteiger partial charge is 0.270 e. The molecule has 0 saturated carbocycles. The Kier molecular flexibility index (Phi) is 4.44. The SMILES string of the molecule is O=C(NCCOc1ccccc1)c1cccc(F)n1. The van der Waals surface area contributed by atoms with Crippen molar-refractivity contribution in [2.75, 3.05) is 13.2 Å². The molecule has 2 aromatic rings. The summed E-state index contributed by atoms with van der Waals surface area (Å²) in [6, 6.07) is 13.4. The lowest BCUT2D eigenvalue weighted by Crippen LogP contribution is -2.28. The zero-order valence-electron chi connectivity index (χ0n) is 10.2. The van der Waals surface area contributed by atoms with Crippen molar-refractivity contribution in [3.8, 4) is 5.75 Å². The highest BCUT2D eigenvalue weighted by Gasteiger charge is 2.06. The maximum atomic E-state index is 12.8. The average Bonchev–Trinajstić information content (AvgIpc) is 2.44. The van der Waals surface area contributed by atoms with E-state index in [9.17, 15) is 9.18 Å². The number of nitrogens with one attached hydrogen (secondary N) is 1. The summed E-state index contributed by atoms with van der Waals surface area (Å²) in [5.74, 6) is -0.357. The van der Waals surface area contributed by atoms with E-state index >= 15 is 0 Å². The molecule has 1 aromatic carbocycles. The van der Waals surface area contributed by atoms with Gasteiger partial charge in [0.2, 0.25) is 5.95 Å². The first-order chi connectivity index (χ1) is 9.25. The molecule has 1 N–H and O–H groups in total. The predicted molar refractivity (Wildman–Crippen MR) is 68.5 cm³/mol. The number of halogens is 1. The molecular weight excluding hydrogens is 247 g/mol. The average molecular weight is 260 g/mol. The minimum absolute atomic E-state index is 0.0553. The molecule has 2 rings (SSSR count). The first-order valence-electron chi connectivity index (χ1n) is 5.84. The van der Waals surface area contributed by atoms with Crippen LogP contribution in [0, 0.1) is 5.95 Å². The molecule has 0 unspecified atom stereocenters. The molecule has 19 heavy (non-hydrogen) atoms. The third kappa shape index (κ3) is 4.06. The lowest BCUT2D eigenvalue weighted by Gasteiger charge is -2.07. The molecule has 5 heteroatoms. The molecule has 98 valence electrons. The van der Waals surface area contributed by atoms with E-state index in [1.54, 1.807) is 0 Å². The summed E-state index contributed by atoms with van der Waals surface area (Å²) >= 11 is 0. The van der Waals surface area contributed by atoms with Crippen LogP contribution in [0.3, 0.4) is 0 Å². The number of hydrogen-bond donors (Lipinski definition) is 1. The highest BCUT2D eigenvalue weighted by molar-refractivity contribution is 5.92. The van der Waals surface area contributed by atoms with Crippen LogP contribution in [0.1, 0.15) is 10.5 Å². The van der Waals surface area contributed by atoms with Crippen molar-refractivity contribution in [1.82, 2.24) is 10.3 Å². The fourth-order valence-electron chi connectivity index (χ4n) is 1.48. The van der Waals surface area contributed by atoms with Gasteiger partial charge in [0, 0.05) is 0 Å². The highest BCUT2D eigenvalue weighted by atomic mass is 19.1. The number of aromatic nitrogens is 1. The lowest BCUT2D eigenvalue weighted by atomic mass is 10.3. The topological polar surface area (TPSA) is 51.2 Å². The Morgan fingerprint density at radius 3 is 2.68 bits per heavy atom. The van der Waals surface area contributed by atoms with Gasteiger partial charge in [-0.1, -0.05) is 24.3 Å². The number of benzene rings is 1. The van der Waals surface area contributed by atoms with E-state index in [0.29, 0.717) is 13.2 Å². The summed E-state index contributed by atoms with van der Waals surface area (Å²) in [5, 5.41) is 2.60. The Bertz CT molecular complexity index is 546. The first-order valence-corrected chi connectivity index (χ1v) is 5.84. The molecule has 0 spiro atoms. The van der Waals surface area contributed by atoms with Gasteiger partial charge in [-0.25, -0.2) is 4.98 Å². The molecule has 1 amide bonds. The van der Waals surface area contributed by atoms with Gasteiger partial charge in [0.15, 0.2) is 0 Å². The number of amides is 1. The maximum absolute atomic E-state index is 12.8. The van der Waals surface area contributed by atoms with Crippen LogP contribution in [0.4, 0.5) is 4.39 Å². The van der Waals surface area contributed by atoms with Crippen molar-refractivity contribution in [1.29, 1.82) is 0 Å². The van der Waals surface area contributed by atoms with E-state index in [2.05, 4.69) is 10.3 Å². The summed E-state index contributed by atoms with van der Waals surface area (Å²) in [5.41, 5.74) is 0.0553. The van der Waals surface area contributed by atoms with Crippen molar-refractivity contribution < 1.29 is 13.9 Å². The van der Waals surface area contributed by atoms with Crippen LogP contribution < -0.4 is 10.1 Å². The molecule has 0 saturated heterocycles. The molecule has 1 aromatic heterocycles. The normalized spacial score (nSPS) is 9.95. The standard InChI is InChI=1S/C14H13FN2O2/c15-13-8-4-7-12(17-13)14(18)16-9-10-19-11-5-2-1-3-6-11/h1-8H,9-10H2,(H,16,18). The van der Waals surface area contributed by atoms with Crippen LogP contribution >= 0.6 is 0 Å². The molecule has 0 atom stereocenters. The largest absolute Gasteiger partial charge is 0.492 e. The van der Waals surface area contributed by atoms with Crippen LogP contribution in [-0.2, 0) is 0 Å². The third-order valence-electron chi connectivity index (χ3n) is 2.35. The maximum Gasteiger partial charge on any atom is 0.270 e. The van der Waals surface area contributed by atoms with Crippen LogP contribution in [0.15, 0.2) is 48.5 Å². The molecule has 4 nitrogen and oxygen atoms in total. The van der Waals surface area contributed by atoms with E-state index in [4.69, 9.17) is 4.74 Å². The summed E-state index contributed by atoms with van der Waals surface area (Å²) in [6.07, 6.45) is 0. The van der Waals surface area contributed by atoms with E-state index < -0.39 is 11.9 Å². The van der Waals surface area contributed by atoms with Gasteiger partial charge in [0.05, 0.1) is 6.54 Å². The molecule has 0 radical (unpaired) electrons. The lowest BCUT2D eigenvalue weighted by molar-refractivity contribution is 0.0941. The number of pyridine rings is 1. The van der Waals surface area contributed by atoms with E-state index in [-0.39, 0.29) is 5.69 Å². The number of nitrogens with zero attached hydrogens (tertiary/aromatic N) is 1. The number of carbonyl (C=O) groups is 1. The molecule has 0 aliphatic heterocycles. The zero-order valence-corrected chi connectivity index (χ0v) is 10.2. The van der Waals surface area contributed by atoms with Crippen molar-refractivity contribution in [2.24, 2.45) is 0 Å². The summed E-state index contributed by atoms with van der Waals surface area (Å²) in [4.78, 5) is 15.1. The summed E-state index contributed by atoms with van der Waals surface area (Å²) in [6.45, 7) is 0.664. The number of ether oxygens (including phenoxy) is 1. The molecule has 0 aliphatic carbocycles. The van der Waals surface area contributed by atoms with Gasteiger partial charge in [-0.3, -0.25) is 4.79 Å². The number of hydrogen-bond acceptors (Lipinski definition) is 3. The second-order valence-electron chi connectivity index (χ2n) is 3.76. The molecule has 0 bridgehead atoms. The quantitative estimate of drug-likeness (QED) is 0.661. The Labute approximate surface area is 110 Å². The number of rotatable bonds is 5. The van der Waals surface area contributed by atoms with Crippen LogP contribution in [0.25, 0.3) is 0 Å². The Balaban J connectivity index is 1.75. The fraction of sp³-hybridized carbons (Fsp3) is 0.143. The Morgan fingerprint density at radius 2 is 1.95 bits per heavy atom. The monoisotopic (exact) mass is 260 g/mol. The molecule has 0 aliphatic rings. The van der Waals surface area contributed by atoms with Gasteiger partial charge in [-0.15, -0.1) is 0 Å². The summed E-state index contributed by atoms with van der Waals surface area (Å²) in [7, 11) is 0. The van der Waals surface area contributed by atoms with Crippen molar-refractivity contribution in [3.63, 3.8) is 0 Å². The summed E-state index contributed by atoms with van der Waals surface area (Å²) < 4.78 is 18.2. The van der Waals surface area contributed by atoms with Crippen molar-refractivity contribution in [3.05, 3.63) is 60.2 Å². The van der Waals surface area contributed by atoms with Gasteiger partial charge >= 0.3 is 0 Å². The fourth-order valence-corrected chi connectivity index (χ4v) is 1.48. The Hall–Kier alpha value is -2.43. The van der Waals surface area contributed by atoms with Gasteiger partial charge in [0.1, 0.15) is 18.1 Å². The van der Waals surface area contributed by atoms with E-state index in [1.165, 1.54) is 18.2 Å². The molecule has 0 fully saturated rings. The van der Waals surface area contributed by atoms with Crippen LogP contribution in [0.5, 0.6) is 5.75 Å². The van der Waals surface area contributed by atoms with Gasteiger partial charge in [0.25, 0.3) is 5.91 Å². The minimum Gasteiger partial charge on any atom is -0.492 e.